The van der Waals surface area contributed by atoms with Crippen molar-refractivity contribution in [2.75, 3.05) is 13.1 Å². The molecule has 0 radical (unpaired) electrons. The number of nitrogens with zero attached hydrogens (tertiary/aromatic N) is 1. The van der Waals surface area contributed by atoms with Gasteiger partial charge in [0, 0.05) is 12.6 Å². The van der Waals surface area contributed by atoms with Crippen LogP contribution in [0.5, 0.6) is 0 Å². The molecule has 5 nitrogen and oxygen atoms in total. The molecule has 1 aliphatic carbocycles. The maximum Gasteiger partial charge on any atom is 0.305 e. The summed E-state index contributed by atoms with van der Waals surface area (Å²) in [6.07, 6.45) is 4.07. The van der Waals surface area contributed by atoms with E-state index in [9.17, 15) is 9.59 Å². The van der Waals surface area contributed by atoms with Crippen LogP contribution in [0.15, 0.2) is 0 Å². The van der Waals surface area contributed by atoms with Gasteiger partial charge >= 0.3 is 5.97 Å². The second-order valence-corrected chi connectivity index (χ2v) is 5.54. The number of carboxylic acids is 1. The summed E-state index contributed by atoms with van der Waals surface area (Å²) in [6, 6.07) is 0.180. The van der Waals surface area contributed by atoms with Crippen LogP contribution in [0.3, 0.4) is 0 Å². The molecule has 2 N–H and O–H groups in total. The second kappa shape index (κ2) is 5.69. The van der Waals surface area contributed by atoms with Crippen molar-refractivity contribution in [3.8, 4) is 0 Å². The lowest BCUT2D eigenvalue weighted by molar-refractivity contribution is -0.139. The Bertz CT molecular complexity index is 328. The Morgan fingerprint density at radius 2 is 2.06 bits per heavy atom. The summed E-state index contributed by atoms with van der Waals surface area (Å²) >= 11 is 0. The summed E-state index contributed by atoms with van der Waals surface area (Å²) in [5.74, 6) is -0.163. The molecule has 1 heterocycles. The van der Waals surface area contributed by atoms with Crippen molar-refractivity contribution in [2.24, 2.45) is 5.92 Å². The van der Waals surface area contributed by atoms with E-state index >= 15 is 0 Å². The Morgan fingerprint density at radius 1 is 1.33 bits per heavy atom. The number of carboxylic acid groups (broad SMARTS) is 1. The van der Waals surface area contributed by atoms with Crippen molar-refractivity contribution in [3.05, 3.63) is 0 Å². The van der Waals surface area contributed by atoms with E-state index in [1.54, 1.807) is 4.90 Å². The van der Waals surface area contributed by atoms with E-state index < -0.39 is 5.97 Å². The van der Waals surface area contributed by atoms with E-state index in [1.165, 1.54) is 0 Å². The van der Waals surface area contributed by atoms with Gasteiger partial charge in [0.2, 0.25) is 5.91 Å². The first-order chi connectivity index (χ1) is 8.58. The molecule has 2 rings (SSSR count). The SMILES string of the molecule is CC1CCNC(C(=O)N(CCC(=O)O)C2CC2)C1. The number of aliphatic carboxylic acids is 1. The van der Waals surface area contributed by atoms with Crippen LogP contribution in [-0.2, 0) is 9.59 Å². The molecule has 1 aliphatic heterocycles. The topological polar surface area (TPSA) is 69.6 Å². The number of nitrogens with one attached hydrogen (secondary N) is 1. The molecule has 2 atom stereocenters. The van der Waals surface area contributed by atoms with Crippen LogP contribution < -0.4 is 5.32 Å². The third kappa shape index (κ3) is 3.45. The zero-order valence-electron chi connectivity index (χ0n) is 10.9. The van der Waals surface area contributed by atoms with E-state index in [-0.39, 0.29) is 24.4 Å². The number of hydrogen-bond acceptors (Lipinski definition) is 3. The zero-order chi connectivity index (χ0) is 13.1. The van der Waals surface area contributed by atoms with Gasteiger partial charge in [-0.15, -0.1) is 0 Å². The Kier molecular flexibility index (Phi) is 4.22. The van der Waals surface area contributed by atoms with Crippen LogP contribution in [0.4, 0.5) is 0 Å². The molecule has 0 spiro atoms. The molecule has 0 bridgehead atoms. The first kappa shape index (κ1) is 13.3. The quantitative estimate of drug-likeness (QED) is 0.763. The van der Waals surface area contributed by atoms with Crippen LogP contribution in [0.2, 0.25) is 0 Å². The monoisotopic (exact) mass is 254 g/mol. The van der Waals surface area contributed by atoms with Gasteiger partial charge in [0.25, 0.3) is 0 Å². The standard InChI is InChI=1S/C13H22N2O3/c1-9-4-6-14-11(8-9)13(18)15(10-2-3-10)7-5-12(16)17/h9-11,14H,2-8H2,1H3,(H,16,17). The molecular formula is C13H22N2O3. The smallest absolute Gasteiger partial charge is 0.305 e. The molecule has 102 valence electrons. The minimum atomic E-state index is -0.835. The van der Waals surface area contributed by atoms with Crippen LogP contribution in [0.1, 0.15) is 39.0 Å². The van der Waals surface area contributed by atoms with Gasteiger partial charge in [-0.3, -0.25) is 9.59 Å². The van der Waals surface area contributed by atoms with Gasteiger partial charge < -0.3 is 15.3 Å². The van der Waals surface area contributed by atoms with Crippen LogP contribution in [0, 0.1) is 5.92 Å². The van der Waals surface area contributed by atoms with Gasteiger partial charge in [0.05, 0.1) is 12.5 Å². The highest BCUT2D eigenvalue weighted by Crippen LogP contribution is 2.28. The van der Waals surface area contributed by atoms with Crippen LogP contribution in [0.25, 0.3) is 0 Å². The minimum Gasteiger partial charge on any atom is -0.481 e. The van der Waals surface area contributed by atoms with Crippen molar-refractivity contribution in [1.82, 2.24) is 10.2 Å². The Labute approximate surface area is 108 Å². The molecule has 1 saturated carbocycles. The van der Waals surface area contributed by atoms with Crippen LogP contribution >= 0.6 is 0 Å². The van der Waals surface area contributed by atoms with E-state index in [1.807, 2.05) is 0 Å². The van der Waals surface area contributed by atoms with Crippen molar-refractivity contribution in [1.29, 1.82) is 0 Å². The summed E-state index contributed by atoms with van der Waals surface area (Å²) in [4.78, 5) is 24.8. The van der Waals surface area contributed by atoms with Crippen molar-refractivity contribution >= 4 is 11.9 Å². The number of rotatable bonds is 5. The lowest BCUT2D eigenvalue weighted by Gasteiger charge is -2.32. The molecule has 0 aromatic carbocycles. The minimum absolute atomic E-state index is 0.0461. The fourth-order valence-electron chi connectivity index (χ4n) is 2.57. The molecule has 2 fully saturated rings. The van der Waals surface area contributed by atoms with Crippen LogP contribution in [-0.4, -0.2) is 47.1 Å². The average Bonchev–Trinajstić information content (AvgIpc) is 3.13. The maximum atomic E-state index is 12.4. The number of amides is 1. The first-order valence-electron chi connectivity index (χ1n) is 6.83. The molecule has 18 heavy (non-hydrogen) atoms. The Balaban J connectivity index is 1.92. The van der Waals surface area contributed by atoms with Crippen molar-refractivity contribution in [3.63, 3.8) is 0 Å². The predicted molar refractivity (Wildman–Crippen MR) is 67.2 cm³/mol. The number of carbonyl (C=O) groups is 2. The van der Waals surface area contributed by atoms with Gasteiger partial charge in [-0.05, 0) is 38.1 Å². The molecular weight excluding hydrogens is 232 g/mol. The Hall–Kier alpha value is -1.10. The lowest BCUT2D eigenvalue weighted by Crippen LogP contribution is -2.51. The number of carbonyl (C=O) groups excluding carboxylic acids is 1. The zero-order valence-corrected chi connectivity index (χ0v) is 10.9. The third-order valence-corrected chi connectivity index (χ3v) is 3.80. The highest BCUT2D eigenvalue weighted by atomic mass is 16.4. The van der Waals surface area contributed by atoms with Gasteiger partial charge in [-0.2, -0.15) is 0 Å². The van der Waals surface area contributed by atoms with E-state index in [2.05, 4.69) is 12.2 Å². The van der Waals surface area contributed by atoms with E-state index in [0.717, 1.165) is 32.2 Å². The molecule has 0 aromatic rings. The van der Waals surface area contributed by atoms with Gasteiger partial charge in [0.15, 0.2) is 0 Å². The van der Waals surface area contributed by atoms with Crippen molar-refractivity contribution in [2.45, 2.75) is 51.1 Å². The van der Waals surface area contributed by atoms with Crippen molar-refractivity contribution < 1.29 is 14.7 Å². The molecule has 1 amide bonds. The lowest BCUT2D eigenvalue weighted by atomic mass is 9.93. The number of hydrogen-bond donors (Lipinski definition) is 2. The van der Waals surface area contributed by atoms with E-state index in [0.29, 0.717) is 12.5 Å². The molecule has 1 saturated heterocycles. The highest BCUT2D eigenvalue weighted by Gasteiger charge is 2.36. The van der Waals surface area contributed by atoms with Gasteiger partial charge in [-0.1, -0.05) is 6.92 Å². The first-order valence-corrected chi connectivity index (χ1v) is 6.83. The fraction of sp³-hybridized carbons (Fsp3) is 0.846. The normalized spacial score (nSPS) is 27.8. The molecule has 0 aromatic heterocycles. The predicted octanol–water partition coefficient (Wildman–Crippen LogP) is 0.840. The number of piperidine rings is 1. The molecule has 2 unspecified atom stereocenters. The summed E-state index contributed by atoms with van der Waals surface area (Å²) in [5.41, 5.74) is 0. The molecule has 2 aliphatic rings. The fourth-order valence-corrected chi connectivity index (χ4v) is 2.57. The highest BCUT2D eigenvalue weighted by molar-refractivity contribution is 5.83. The molecule has 5 heteroatoms. The summed E-state index contributed by atoms with van der Waals surface area (Å²) in [7, 11) is 0. The second-order valence-electron chi connectivity index (χ2n) is 5.54. The summed E-state index contributed by atoms with van der Waals surface area (Å²) in [5, 5.41) is 12.0. The largest absolute Gasteiger partial charge is 0.481 e. The van der Waals surface area contributed by atoms with Gasteiger partial charge in [-0.25, -0.2) is 0 Å². The van der Waals surface area contributed by atoms with E-state index in [4.69, 9.17) is 5.11 Å². The summed E-state index contributed by atoms with van der Waals surface area (Å²) in [6.45, 7) is 3.40. The van der Waals surface area contributed by atoms with Gasteiger partial charge in [0.1, 0.15) is 0 Å². The maximum absolute atomic E-state index is 12.4. The third-order valence-electron chi connectivity index (χ3n) is 3.80. The average molecular weight is 254 g/mol. The summed E-state index contributed by atoms with van der Waals surface area (Å²) < 4.78 is 0. The Morgan fingerprint density at radius 3 is 2.61 bits per heavy atom.